The minimum absolute atomic E-state index is 0.00907. The molecule has 0 saturated heterocycles. The van der Waals surface area contributed by atoms with E-state index in [2.05, 4.69) is 5.48 Å². The van der Waals surface area contributed by atoms with Crippen molar-refractivity contribution in [1.82, 2.24) is 5.48 Å². The van der Waals surface area contributed by atoms with Crippen LogP contribution in [-0.4, -0.2) is 23.7 Å². The van der Waals surface area contributed by atoms with Gasteiger partial charge in [0, 0.05) is 12.8 Å². The molecule has 1 rings (SSSR count). The van der Waals surface area contributed by atoms with Crippen LogP contribution >= 0.6 is 0 Å². The summed E-state index contributed by atoms with van der Waals surface area (Å²) in [4.78, 5) is 28.0. The number of ketones is 1. The number of aldehydes is 1. The molecule has 0 fully saturated rings. The molecule has 0 amide bonds. The lowest BCUT2D eigenvalue weighted by Crippen LogP contribution is -2.42. The summed E-state index contributed by atoms with van der Waals surface area (Å²) < 4.78 is 0. The molecule has 0 bridgehead atoms. The number of benzene rings is 1. The number of nitrogens with one attached hydrogen (secondary N) is 1. The Morgan fingerprint density at radius 3 is 2.50 bits per heavy atom. The number of rotatable bonds is 8. The van der Waals surface area contributed by atoms with Crippen LogP contribution in [-0.2, 0) is 20.8 Å². The Bertz CT molecular complexity index is 423. The minimum atomic E-state index is -0.434. The molecule has 0 heterocycles. The van der Waals surface area contributed by atoms with Gasteiger partial charge in [0.25, 0.3) is 0 Å². The van der Waals surface area contributed by atoms with Gasteiger partial charge in [0.05, 0.1) is 11.6 Å². The summed E-state index contributed by atoms with van der Waals surface area (Å²) in [5.41, 5.74) is 3.53. The van der Waals surface area contributed by atoms with Crippen molar-refractivity contribution in [2.45, 2.75) is 51.7 Å². The normalized spacial score (nSPS) is 12.9. The maximum absolute atomic E-state index is 12.1. The third kappa shape index (κ3) is 6.59. The molecule has 20 heavy (non-hydrogen) atoms. The van der Waals surface area contributed by atoms with Crippen molar-refractivity contribution >= 4 is 12.1 Å². The van der Waals surface area contributed by atoms with Crippen LogP contribution in [0.25, 0.3) is 0 Å². The lowest BCUT2D eigenvalue weighted by molar-refractivity contribution is -0.133. The molecular formula is C16H23NO3. The molecule has 0 aromatic heterocycles. The molecule has 1 atom stereocenters. The smallest absolute Gasteiger partial charge is 0.152 e. The summed E-state index contributed by atoms with van der Waals surface area (Å²) in [6.45, 7) is 5.74. The Balaban J connectivity index is 2.68. The molecule has 0 aliphatic rings. The van der Waals surface area contributed by atoms with Crippen molar-refractivity contribution in [3.63, 3.8) is 0 Å². The summed E-state index contributed by atoms with van der Waals surface area (Å²) in [7, 11) is 0. The van der Waals surface area contributed by atoms with Crippen LogP contribution in [0.15, 0.2) is 30.3 Å². The van der Waals surface area contributed by atoms with Crippen LogP contribution in [0.4, 0.5) is 0 Å². The van der Waals surface area contributed by atoms with Gasteiger partial charge in [0.15, 0.2) is 5.78 Å². The van der Waals surface area contributed by atoms with E-state index in [0.717, 1.165) is 11.8 Å². The van der Waals surface area contributed by atoms with E-state index < -0.39 is 6.04 Å². The quantitative estimate of drug-likeness (QED) is 0.586. The molecule has 0 aliphatic heterocycles. The first kappa shape index (κ1) is 16.5. The Labute approximate surface area is 120 Å². The monoisotopic (exact) mass is 277 g/mol. The Kier molecular flexibility index (Phi) is 6.55. The molecule has 1 aromatic rings. The second kappa shape index (κ2) is 7.92. The fourth-order valence-electron chi connectivity index (χ4n) is 1.69. The zero-order valence-corrected chi connectivity index (χ0v) is 12.4. The van der Waals surface area contributed by atoms with Gasteiger partial charge in [-0.15, -0.1) is 0 Å². The highest BCUT2D eigenvalue weighted by Crippen LogP contribution is 2.10. The molecule has 4 heteroatoms. The highest BCUT2D eigenvalue weighted by Gasteiger charge is 2.21. The van der Waals surface area contributed by atoms with Gasteiger partial charge in [-0.2, -0.15) is 5.48 Å². The predicted octanol–water partition coefficient (Wildman–Crippen LogP) is 2.47. The van der Waals surface area contributed by atoms with Crippen LogP contribution in [0.2, 0.25) is 0 Å². The molecule has 0 radical (unpaired) electrons. The van der Waals surface area contributed by atoms with Crippen LogP contribution in [0.1, 0.15) is 39.2 Å². The number of Topliss-reactive ketones (excluding diaryl/α,β-unsaturated/α-hetero) is 1. The third-order valence-electron chi connectivity index (χ3n) is 2.69. The number of carbonyl (C=O) groups is 2. The third-order valence-corrected chi connectivity index (χ3v) is 2.69. The van der Waals surface area contributed by atoms with Crippen molar-refractivity contribution in [3.8, 4) is 0 Å². The largest absolute Gasteiger partial charge is 0.303 e. The van der Waals surface area contributed by atoms with Gasteiger partial charge in [0.2, 0.25) is 0 Å². The average Bonchev–Trinajstić information content (AvgIpc) is 2.41. The number of hydroxylamine groups is 1. The zero-order chi connectivity index (χ0) is 15.0. The molecule has 4 nitrogen and oxygen atoms in total. The lowest BCUT2D eigenvalue weighted by atomic mass is 10.0. The minimum Gasteiger partial charge on any atom is -0.303 e. The SMILES string of the molecule is CC(C)(C)ONC(Cc1ccccc1)C(=O)CCC=O. The van der Waals surface area contributed by atoms with E-state index in [1.165, 1.54) is 0 Å². The van der Waals surface area contributed by atoms with Gasteiger partial charge >= 0.3 is 0 Å². The van der Waals surface area contributed by atoms with E-state index in [-0.39, 0.29) is 24.2 Å². The fraction of sp³-hybridized carbons (Fsp3) is 0.500. The van der Waals surface area contributed by atoms with Gasteiger partial charge in [-0.1, -0.05) is 30.3 Å². The average molecular weight is 277 g/mol. The first-order valence-electron chi connectivity index (χ1n) is 6.86. The second-order valence-electron chi connectivity index (χ2n) is 5.75. The first-order chi connectivity index (χ1) is 9.42. The Morgan fingerprint density at radius 1 is 1.30 bits per heavy atom. The standard InChI is InChI=1S/C16H23NO3/c1-16(2,3)20-17-14(15(19)10-7-11-18)12-13-8-5-4-6-9-13/h4-6,8-9,11,14,17H,7,10,12H2,1-3H3. The molecule has 110 valence electrons. The van der Waals surface area contributed by atoms with Crippen molar-refractivity contribution in [2.75, 3.05) is 0 Å². The fourth-order valence-corrected chi connectivity index (χ4v) is 1.69. The summed E-state index contributed by atoms with van der Waals surface area (Å²) >= 11 is 0. The van der Waals surface area contributed by atoms with E-state index in [9.17, 15) is 9.59 Å². The lowest BCUT2D eigenvalue weighted by Gasteiger charge is -2.24. The summed E-state index contributed by atoms with van der Waals surface area (Å²) in [5.74, 6) is -0.00907. The maximum atomic E-state index is 12.1. The van der Waals surface area contributed by atoms with Gasteiger partial charge in [0.1, 0.15) is 6.29 Å². The van der Waals surface area contributed by atoms with Crippen molar-refractivity contribution in [2.24, 2.45) is 0 Å². The van der Waals surface area contributed by atoms with Crippen molar-refractivity contribution in [3.05, 3.63) is 35.9 Å². The van der Waals surface area contributed by atoms with Gasteiger partial charge in [-0.05, 0) is 32.8 Å². The van der Waals surface area contributed by atoms with E-state index in [1.807, 2.05) is 51.1 Å². The van der Waals surface area contributed by atoms with Gasteiger partial charge in [-0.25, -0.2) is 0 Å². The Hall–Kier alpha value is -1.52. The van der Waals surface area contributed by atoms with Crippen LogP contribution < -0.4 is 5.48 Å². The number of carbonyl (C=O) groups excluding carboxylic acids is 2. The van der Waals surface area contributed by atoms with Gasteiger partial charge < -0.3 is 4.79 Å². The summed E-state index contributed by atoms with van der Waals surface area (Å²) in [5, 5.41) is 0. The number of hydrogen-bond donors (Lipinski definition) is 1. The van der Waals surface area contributed by atoms with Crippen molar-refractivity contribution < 1.29 is 14.4 Å². The number of hydrogen-bond acceptors (Lipinski definition) is 4. The Morgan fingerprint density at radius 2 is 1.95 bits per heavy atom. The van der Waals surface area contributed by atoms with Crippen LogP contribution in [0.5, 0.6) is 0 Å². The van der Waals surface area contributed by atoms with Crippen LogP contribution in [0.3, 0.4) is 0 Å². The zero-order valence-electron chi connectivity index (χ0n) is 12.4. The van der Waals surface area contributed by atoms with Gasteiger partial charge in [-0.3, -0.25) is 9.63 Å². The molecule has 0 aliphatic carbocycles. The van der Waals surface area contributed by atoms with E-state index in [1.54, 1.807) is 0 Å². The highest BCUT2D eigenvalue weighted by atomic mass is 16.7. The molecule has 0 saturated carbocycles. The van der Waals surface area contributed by atoms with Crippen LogP contribution in [0, 0.1) is 0 Å². The molecule has 0 spiro atoms. The van der Waals surface area contributed by atoms with E-state index in [0.29, 0.717) is 6.42 Å². The van der Waals surface area contributed by atoms with E-state index >= 15 is 0 Å². The maximum Gasteiger partial charge on any atom is 0.152 e. The highest BCUT2D eigenvalue weighted by molar-refractivity contribution is 5.85. The predicted molar refractivity (Wildman–Crippen MR) is 78.2 cm³/mol. The van der Waals surface area contributed by atoms with Crippen molar-refractivity contribution in [1.29, 1.82) is 0 Å². The first-order valence-corrected chi connectivity index (χ1v) is 6.86. The molecule has 1 unspecified atom stereocenters. The topological polar surface area (TPSA) is 55.4 Å². The molecular weight excluding hydrogens is 254 g/mol. The summed E-state index contributed by atoms with van der Waals surface area (Å²) in [6.07, 6.45) is 1.81. The molecule has 1 aromatic carbocycles. The second-order valence-corrected chi connectivity index (χ2v) is 5.75. The molecule has 1 N–H and O–H groups in total. The summed E-state index contributed by atoms with van der Waals surface area (Å²) in [6, 6.07) is 9.32. The van der Waals surface area contributed by atoms with E-state index in [4.69, 9.17) is 4.84 Å².